The first-order chi connectivity index (χ1) is 6.46. The Kier molecular flexibility index (Phi) is 3.57. The zero-order valence-corrected chi connectivity index (χ0v) is 9.32. The molecule has 0 aromatic rings. The molecule has 14 heavy (non-hydrogen) atoms. The summed E-state index contributed by atoms with van der Waals surface area (Å²) in [7, 11) is 0.971. The Morgan fingerprint density at radius 2 is 2.00 bits per heavy atom. The molecule has 0 aromatic heterocycles. The van der Waals surface area contributed by atoms with Crippen LogP contribution in [0.5, 0.6) is 0 Å². The quantitative estimate of drug-likeness (QED) is 0.547. The fourth-order valence-electron chi connectivity index (χ4n) is 1.79. The molecule has 5 nitrogen and oxygen atoms in total. The summed E-state index contributed by atoms with van der Waals surface area (Å²) < 4.78 is 33.3. The number of sulfone groups is 1. The Balaban J connectivity index is 2.99. The third kappa shape index (κ3) is 1.69. The number of methoxy groups -OCH3 is 2. The van der Waals surface area contributed by atoms with Crippen LogP contribution in [0.4, 0.5) is 0 Å². The zero-order valence-electron chi connectivity index (χ0n) is 8.50. The van der Waals surface area contributed by atoms with Gasteiger partial charge in [0.15, 0.2) is 9.84 Å². The second-order valence-electron chi connectivity index (χ2n) is 3.48. The highest BCUT2D eigenvalue weighted by molar-refractivity contribution is 7.94. The fourth-order valence-corrected chi connectivity index (χ4v) is 3.86. The number of ether oxygens (including phenoxy) is 2. The minimum atomic E-state index is -3.34. The maximum absolute atomic E-state index is 11.7. The maximum atomic E-state index is 11.7. The molecular formula is C7H15BO5S. The van der Waals surface area contributed by atoms with Crippen molar-refractivity contribution in [1.82, 2.24) is 0 Å². The average Bonchev–Trinajstić information content (AvgIpc) is 2.29. The fraction of sp³-hybridized carbons (Fsp3) is 1.00. The van der Waals surface area contributed by atoms with Crippen molar-refractivity contribution in [2.75, 3.05) is 20.8 Å². The van der Waals surface area contributed by atoms with E-state index in [9.17, 15) is 13.5 Å². The molecule has 0 amide bonds. The SMILES string of the molecule is B[C@H]1[C@@H](O)C(OC)[C@@H](COC)S1(=O)=O. The van der Waals surface area contributed by atoms with Crippen LogP contribution >= 0.6 is 0 Å². The van der Waals surface area contributed by atoms with Gasteiger partial charge in [0.1, 0.15) is 19.2 Å². The summed E-state index contributed by atoms with van der Waals surface area (Å²) in [5, 5.41) is 8.08. The van der Waals surface area contributed by atoms with Crippen LogP contribution < -0.4 is 0 Å². The van der Waals surface area contributed by atoms with Gasteiger partial charge in [0, 0.05) is 14.2 Å². The normalized spacial score (nSPS) is 41.4. The van der Waals surface area contributed by atoms with E-state index in [0.29, 0.717) is 0 Å². The van der Waals surface area contributed by atoms with E-state index < -0.39 is 32.4 Å². The van der Waals surface area contributed by atoms with Crippen LogP contribution in [-0.4, -0.2) is 64.8 Å². The molecule has 1 aliphatic rings. The van der Waals surface area contributed by atoms with Crippen LogP contribution in [0.2, 0.25) is 0 Å². The molecule has 1 saturated heterocycles. The summed E-state index contributed by atoms with van der Waals surface area (Å²) in [5.74, 6) is 0. The van der Waals surface area contributed by atoms with Crippen molar-refractivity contribution in [3.05, 3.63) is 0 Å². The van der Waals surface area contributed by atoms with Gasteiger partial charge in [-0.05, 0) is 0 Å². The van der Waals surface area contributed by atoms with Crippen molar-refractivity contribution in [2.24, 2.45) is 0 Å². The van der Waals surface area contributed by atoms with Gasteiger partial charge >= 0.3 is 0 Å². The molecule has 7 heteroatoms. The minimum Gasteiger partial charge on any atom is -0.390 e. The predicted molar refractivity (Wildman–Crippen MR) is 53.7 cm³/mol. The Morgan fingerprint density at radius 1 is 1.43 bits per heavy atom. The monoisotopic (exact) mass is 222 g/mol. The molecule has 0 aromatic carbocycles. The summed E-state index contributed by atoms with van der Waals surface area (Å²) in [6.45, 7) is 0.0578. The van der Waals surface area contributed by atoms with Crippen LogP contribution in [0.1, 0.15) is 0 Å². The van der Waals surface area contributed by atoms with Crippen molar-refractivity contribution in [3.8, 4) is 0 Å². The van der Waals surface area contributed by atoms with E-state index in [1.54, 1.807) is 0 Å². The first kappa shape index (κ1) is 12.0. The van der Waals surface area contributed by atoms with E-state index in [1.165, 1.54) is 22.1 Å². The van der Waals surface area contributed by atoms with E-state index in [0.717, 1.165) is 0 Å². The topological polar surface area (TPSA) is 72.8 Å². The van der Waals surface area contributed by atoms with Crippen LogP contribution in [0.15, 0.2) is 0 Å². The highest BCUT2D eigenvalue weighted by Gasteiger charge is 2.52. The van der Waals surface area contributed by atoms with Crippen molar-refractivity contribution in [1.29, 1.82) is 0 Å². The molecule has 0 bridgehead atoms. The molecule has 4 atom stereocenters. The number of rotatable bonds is 3. The van der Waals surface area contributed by atoms with Gasteiger partial charge in [-0.1, -0.05) is 0 Å². The summed E-state index contributed by atoms with van der Waals surface area (Å²) in [5.41, 5.74) is 0. The van der Waals surface area contributed by atoms with E-state index in [2.05, 4.69) is 0 Å². The highest BCUT2D eigenvalue weighted by Crippen LogP contribution is 2.28. The van der Waals surface area contributed by atoms with Crippen molar-refractivity contribution < 1.29 is 23.0 Å². The lowest BCUT2D eigenvalue weighted by Gasteiger charge is -2.17. The van der Waals surface area contributed by atoms with Crippen LogP contribution in [0.3, 0.4) is 0 Å². The summed E-state index contributed by atoms with van der Waals surface area (Å²) in [4.78, 5) is 0. The molecule has 82 valence electrons. The van der Waals surface area contributed by atoms with E-state index in [4.69, 9.17) is 9.47 Å². The number of hydrogen-bond acceptors (Lipinski definition) is 5. The summed E-state index contributed by atoms with van der Waals surface area (Å²) in [6, 6.07) is 0. The van der Waals surface area contributed by atoms with Crippen molar-refractivity contribution >= 4 is 17.7 Å². The van der Waals surface area contributed by atoms with Crippen molar-refractivity contribution in [2.45, 2.75) is 22.6 Å². The molecule has 1 heterocycles. The van der Waals surface area contributed by atoms with Crippen molar-refractivity contribution in [3.63, 3.8) is 0 Å². The second kappa shape index (κ2) is 4.18. The van der Waals surface area contributed by atoms with Gasteiger partial charge < -0.3 is 14.6 Å². The molecule has 1 unspecified atom stereocenters. The van der Waals surface area contributed by atoms with Gasteiger partial charge in [-0.2, -0.15) is 0 Å². The summed E-state index contributed by atoms with van der Waals surface area (Å²) in [6.07, 6.45) is -1.65. The molecule has 1 aliphatic heterocycles. The van der Waals surface area contributed by atoms with E-state index >= 15 is 0 Å². The maximum Gasteiger partial charge on any atom is 0.155 e. The number of hydrogen-bond donors (Lipinski definition) is 1. The molecule has 0 saturated carbocycles. The van der Waals surface area contributed by atoms with Crippen LogP contribution in [0, 0.1) is 0 Å². The van der Waals surface area contributed by atoms with Gasteiger partial charge in [0.2, 0.25) is 0 Å². The second-order valence-corrected chi connectivity index (χ2v) is 6.01. The lowest BCUT2D eigenvalue weighted by atomic mass is 9.94. The van der Waals surface area contributed by atoms with Gasteiger partial charge in [-0.15, -0.1) is 0 Å². The predicted octanol–water partition coefficient (Wildman–Crippen LogP) is -2.24. The smallest absolute Gasteiger partial charge is 0.155 e. The Bertz CT molecular complexity index is 290. The van der Waals surface area contributed by atoms with Gasteiger partial charge in [0.25, 0.3) is 0 Å². The molecule has 1 N–H and O–H groups in total. The molecule has 0 spiro atoms. The lowest BCUT2D eigenvalue weighted by Crippen LogP contribution is -2.36. The standard InChI is InChI=1S/C7H15BO5S/c1-12-3-4-6(13-2)5(9)7(8)14(4,10)11/h4-7,9H,3,8H2,1-2H3/t4-,5+,6?,7-/m1/s1. The largest absolute Gasteiger partial charge is 0.390 e. The van der Waals surface area contributed by atoms with Crippen LogP contribution in [0.25, 0.3) is 0 Å². The van der Waals surface area contributed by atoms with Gasteiger partial charge in [0.05, 0.1) is 17.9 Å². The molecular weight excluding hydrogens is 207 g/mol. The van der Waals surface area contributed by atoms with E-state index in [-0.39, 0.29) is 6.61 Å². The zero-order chi connectivity index (χ0) is 10.9. The first-order valence-corrected chi connectivity index (χ1v) is 6.00. The summed E-state index contributed by atoms with van der Waals surface area (Å²) >= 11 is 0. The van der Waals surface area contributed by atoms with E-state index in [1.807, 2.05) is 0 Å². The average molecular weight is 222 g/mol. The number of aliphatic hydroxyl groups is 1. The number of aliphatic hydroxyl groups excluding tert-OH is 1. The molecule has 0 aliphatic carbocycles. The third-order valence-corrected chi connectivity index (χ3v) is 5.29. The van der Waals surface area contributed by atoms with Gasteiger partial charge in [-0.25, -0.2) is 8.42 Å². The van der Waals surface area contributed by atoms with Gasteiger partial charge in [-0.3, -0.25) is 0 Å². The lowest BCUT2D eigenvalue weighted by molar-refractivity contribution is -0.00735. The highest BCUT2D eigenvalue weighted by atomic mass is 32.2. The third-order valence-electron chi connectivity index (χ3n) is 2.73. The Labute approximate surface area is 84.7 Å². The minimum absolute atomic E-state index is 0.0578. The molecule has 1 fully saturated rings. The Hall–Kier alpha value is -0.105. The Morgan fingerprint density at radius 3 is 2.43 bits per heavy atom. The van der Waals surface area contributed by atoms with Crippen LogP contribution in [-0.2, 0) is 19.3 Å². The molecule has 1 rings (SSSR count). The molecule has 0 radical (unpaired) electrons. The first-order valence-electron chi connectivity index (χ1n) is 4.39.